The molecule has 0 aliphatic rings. The topological polar surface area (TPSA) is 59.8 Å². The molecule has 6 heteroatoms. The number of amides is 1. The zero-order chi connectivity index (χ0) is 13.1. The van der Waals surface area contributed by atoms with Gasteiger partial charge in [-0.15, -0.1) is 11.3 Å². The molecule has 2 heterocycles. The predicted molar refractivity (Wildman–Crippen MR) is 71.8 cm³/mol. The van der Waals surface area contributed by atoms with Crippen molar-refractivity contribution in [3.8, 4) is 0 Å². The van der Waals surface area contributed by atoms with E-state index in [1.54, 1.807) is 23.1 Å². The van der Waals surface area contributed by atoms with Crippen molar-refractivity contribution in [3.63, 3.8) is 0 Å². The van der Waals surface area contributed by atoms with E-state index in [1.807, 2.05) is 13.8 Å². The van der Waals surface area contributed by atoms with Crippen LogP contribution in [0.1, 0.15) is 30.5 Å². The van der Waals surface area contributed by atoms with Crippen LogP contribution < -0.4 is 5.32 Å². The molecule has 0 aliphatic carbocycles. The fourth-order valence-corrected chi connectivity index (χ4v) is 2.55. The molecule has 0 aromatic carbocycles. The van der Waals surface area contributed by atoms with Crippen molar-refractivity contribution in [1.29, 1.82) is 0 Å². The number of hydrogen-bond donors (Lipinski definition) is 1. The molecule has 0 unspecified atom stereocenters. The summed E-state index contributed by atoms with van der Waals surface area (Å²) in [5.74, 6) is -0.102. The third-order valence-corrected chi connectivity index (χ3v) is 3.69. The zero-order valence-electron chi connectivity index (χ0n) is 10.7. The standard InChI is InChI=1S/C12H16N4OS/c1-4-10-9(3)18-12(14-10)15-11(17)8(2)16-7-5-6-13-16/h5-8H,4H2,1-3H3,(H,14,15,17)/t8-/m0/s1. The molecule has 0 aliphatic heterocycles. The van der Waals surface area contributed by atoms with Gasteiger partial charge < -0.3 is 5.32 Å². The van der Waals surface area contributed by atoms with E-state index in [4.69, 9.17) is 0 Å². The van der Waals surface area contributed by atoms with Gasteiger partial charge in [-0.05, 0) is 26.3 Å². The van der Waals surface area contributed by atoms with Crippen molar-refractivity contribution in [3.05, 3.63) is 29.0 Å². The van der Waals surface area contributed by atoms with Crippen LogP contribution in [-0.2, 0) is 11.2 Å². The predicted octanol–water partition coefficient (Wildman–Crippen LogP) is 2.41. The van der Waals surface area contributed by atoms with Crippen molar-refractivity contribution < 1.29 is 4.79 Å². The number of nitrogens with zero attached hydrogens (tertiary/aromatic N) is 3. The van der Waals surface area contributed by atoms with E-state index in [2.05, 4.69) is 22.3 Å². The summed E-state index contributed by atoms with van der Waals surface area (Å²) in [6.07, 6.45) is 4.31. The minimum atomic E-state index is -0.339. The maximum Gasteiger partial charge on any atom is 0.250 e. The molecule has 0 spiro atoms. The van der Waals surface area contributed by atoms with E-state index in [-0.39, 0.29) is 11.9 Å². The van der Waals surface area contributed by atoms with Crippen molar-refractivity contribution in [2.24, 2.45) is 0 Å². The van der Waals surface area contributed by atoms with E-state index in [0.717, 1.165) is 17.0 Å². The van der Waals surface area contributed by atoms with Crippen molar-refractivity contribution in [1.82, 2.24) is 14.8 Å². The third kappa shape index (κ3) is 2.59. The molecule has 0 saturated heterocycles. The van der Waals surface area contributed by atoms with Gasteiger partial charge in [0.1, 0.15) is 6.04 Å². The highest BCUT2D eigenvalue weighted by molar-refractivity contribution is 7.15. The normalized spacial score (nSPS) is 12.4. The van der Waals surface area contributed by atoms with Gasteiger partial charge >= 0.3 is 0 Å². The van der Waals surface area contributed by atoms with Crippen LogP contribution in [-0.4, -0.2) is 20.7 Å². The molecule has 1 N–H and O–H groups in total. The summed E-state index contributed by atoms with van der Waals surface area (Å²) in [4.78, 5) is 17.6. The van der Waals surface area contributed by atoms with E-state index >= 15 is 0 Å². The van der Waals surface area contributed by atoms with E-state index in [0.29, 0.717) is 5.13 Å². The Morgan fingerprint density at radius 1 is 1.61 bits per heavy atom. The quantitative estimate of drug-likeness (QED) is 0.922. The van der Waals surface area contributed by atoms with Gasteiger partial charge in [-0.1, -0.05) is 6.92 Å². The van der Waals surface area contributed by atoms with Crippen molar-refractivity contribution >= 4 is 22.4 Å². The van der Waals surface area contributed by atoms with Crippen LogP contribution in [0.25, 0.3) is 0 Å². The number of carbonyl (C=O) groups is 1. The fraction of sp³-hybridized carbons (Fsp3) is 0.417. The minimum Gasteiger partial charge on any atom is -0.300 e. The lowest BCUT2D eigenvalue weighted by molar-refractivity contribution is -0.119. The Labute approximate surface area is 110 Å². The lowest BCUT2D eigenvalue weighted by Gasteiger charge is -2.10. The number of nitrogens with one attached hydrogen (secondary N) is 1. The molecule has 0 bridgehead atoms. The number of anilines is 1. The summed E-state index contributed by atoms with van der Waals surface area (Å²) in [5.41, 5.74) is 1.04. The van der Waals surface area contributed by atoms with Crippen LogP contribution in [0.2, 0.25) is 0 Å². The molecule has 2 aromatic rings. The summed E-state index contributed by atoms with van der Waals surface area (Å²) in [6.45, 7) is 5.88. The van der Waals surface area contributed by atoms with Gasteiger partial charge in [0.05, 0.1) is 5.69 Å². The molecule has 2 rings (SSSR count). The molecule has 2 aromatic heterocycles. The number of carbonyl (C=O) groups excluding carboxylic acids is 1. The molecule has 18 heavy (non-hydrogen) atoms. The monoisotopic (exact) mass is 264 g/mol. The highest BCUT2D eigenvalue weighted by Gasteiger charge is 2.17. The maximum atomic E-state index is 12.0. The average molecular weight is 264 g/mol. The lowest BCUT2D eigenvalue weighted by atomic mass is 10.3. The van der Waals surface area contributed by atoms with Gasteiger partial charge in [-0.25, -0.2) is 4.98 Å². The second-order valence-corrected chi connectivity index (χ2v) is 5.23. The molecule has 96 valence electrons. The number of aryl methyl sites for hydroxylation is 2. The number of thiazole rings is 1. The average Bonchev–Trinajstić information content (AvgIpc) is 2.97. The van der Waals surface area contributed by atoms with Gasteiger partial charge in [0.25, 0.3) is 5.91 Å². The zero-order valence-corrected chi connectivity index (χ0v) is 11.5. The first kappa shape index (κ1) is 12.8. The molecule has 0 radical (unpaired) electrons. The number of hydrogen-bond acceptors (Lipinski definition) is 4. The van der Waals surface area contributed by atoms with Crippen LogP contribution in [0.3, 0.4) is 0 Å². The molecule has 0 fully saturated rings. The Balaban J connectivity index is 2.07. The van der Waals surface area contributed by atoms with Crippen LogP contribution in [0, 0.1) is 6.92 Å². The fourth-order valence-electron chi connectivity index (χ4n) is 1.65. The summed E-state index contributed by atoms with van der Waals surface area (Å²) < 4.78 is 1.62. The van der Waals surface area contributed by atoms with Crippen molar-refractivity contribution in [2.75, 3.05) is 5.32 Å². The van der Waals surface area contributed by atoms with Crippen LogP contribution >= 0.6 is 11.3 Å². The molecular weight excluding hydrogens is 248 g/mol. The van der Waals surface area contributed by atoms with Crippen LogP contribution in [0.15, 0.2) is 18.5 Å². The third-order valence-electron chi connectivity index (χ3n) is 2.76. The van der Waals surface area contributed by atoms with E-state index in [1.165, 1.54) is 11.3 Å². The first-order valence-corrected chi connectivity index (χ1v) is 6.69. The first-order chi connectivity index (χ1) is 8.61. The van der Waals surface area contributed by atoms with Crippen molar-refractivity contribution in [2.45, 2.75) is 33.2 Å². The maximum absolute atomic E-state index is 12.0. The molecular formula is C12H16N4OS. The first-order valence-electron chi connectivity index (χ1n) is 5.88. The Morgan fingerprint density at radius 2 is 2.39 bits per heavy atom. The van der Waals surface area contributed by atoms with Crippen LogP contribution in [0.5, 0.6) is 0 Å². The van der Waals surface area contributed by atoms with E-state index in [9.17, 15) is 4.79 Å². The molecule has 1 amide bonds. The lowest BCUT2D eigenvalue weighted by Crippen LogP contribution is -2.23. The number of aromatic nitrogens is 3. The molecule has 5 nitrogen and oxygen atoms in total. The summed E-state index contributed by atoms with van der Waals surface area (Å²) in [6, 6.07) is 1.46. The summed E-state index contributed by atoms with van der Waals surface area (Å²) in [7, 11) is 0. The Kier molecular flexibility index (Phi) is 3.76. The highest BCUT2D eigenvalue weighted by Crippen LogP contribution is 2.23. The second kappa shape index (κ2) is 5.30. The van der Waals surface area contributed by atoms with Gasteiger partial charge in [-0.2, -0.15) is 5.10 Å². The smallest absolute Gasteiger partial charge is 0.250 e. The Hall–Kier alpha value is -1.69. The van der Waals surface area contributed by atoms with Crippen LogP contribution in [0.4, 0.5) is 5.13 Å². The summed E-state index contributed by atoms with van der Waals surface area (Å²) in [5, 5.41) is 7.55. The molecule has 0 saturated carbocycles. The second-order valence-electron chi connectivity index (χ2n) is 4.03. The van der Waals surface area contributed by atoms with E-state index < -0.39 is 0 Å². The van der Waals surface area contributed by atoms with Gasteiger partial charge in [0, 0.05) is 17.3 Å². The summed E-state index contributed by atoms with van der Waals surface area (Å²) >= 11 is 1.51. The number of rotatable bonds is 4. The van der Waals surface area contributed by atoms with Gasteiger partial charge in [-0.3, -0.25) is 9.48 Å². The largest absolute Gasteiger partial charge is 0.300 e. The molecule has 1 atom stereocenters. The highest BCUT2D eigenvalue weighted by atomic mass is 32.1. The Morgan fingerprint density at radius 3 is 2.94 bits per heavy atom. The van der Waals surface area contributed by atoms with Gasteiger partial charge in [0.2, 0.25) is 0 Å². The minimum absolute atomic E-state index is 0.102. The Bertz CT molecular complexity index is 532. The SMILES string of the molecule is CCc1nc(NC(=O)[C@H](C)n2cccn2)sc1C. The van der Waals surface area contributed by atoms with Gasteiger partial charge in [0.15, 0.2) is 5.13 Å².